The van der Waals surface area contributed by atoms with E-state index in [0.717, 1.165) is 23.3 Å². The van der Waals surface area contributed by atoms with Gasteiger partial charge in [-0.3, -0.25) is 0 Å². The fourth-order valence-corrected chi connectivity index (χ4v) is 2.38. The van der Waals surface area contributed by atoms with Crippen molar-refractivity contribution in [2.45, 2.75) is 25.9 Å². The van der Waals surface area contributed by atoms with Gasteiger partial charge in [0.2, 0.25) is 0 Å². The van der Waals surface area contributed by atoms with Crippen LogP contribution in [0.4, 0.5) is 18.9 Å². The number of nitriles is 1. The molecule has 0 saturated heterocycles. The van der Waals surface area contributed by atoms with Gasteiger partial charge in [-0.2, -0.15) is 18.4 Å². The Balaban J connectivity index is 2.20. The van der Waals surface area contributed by atoms with Crippen LogP contribution < -0.4 is 5.73 Å². The van der Waals surface area contributed by atoms with E-state index in [4.69, 9.17) is 11.0 Å². The summed E-state index contributed by atoms with van der Waals surface area (Å²) in [7, 11) is 0. The Morgan fingerprint density at radius 1 is 1.14 bits per heavy atom. The molecule has 5 heteroatoms. The number of benzene rings is 2. The summed E-state index contributed by atoms with van der Waals surface area (Å²) in [5.41, 5.74) is 8.26. The van der Waals surface area contributed by atoms with Crippen LogP contribution in [-0.4, -0.2) is 0 Å². The van der Waals surface area contributed by atoms with Gasteiger partial charge in [0.15, 0.2) is 0 Å². The highest BCUT2D eigenvalue weighted by Gasteiger charge is 2.30. The van der Waals surface area contributed by atoms with Crippen molar-refractivity contribution in [3.8, 4) is 6.07 Å². The van der Waals surface area contributed by atoms with Crippen LogP contribution in [0.1, 0.15) is 27.8 Å². The number of nitrogens with two attached hydrogens (primary N) is 1. The van der Waals surface area contributed by atoms with Crippen LogP contribution in [-0.2, 0) is 19.0 Å². The average Bonchev–Trinajstić information content (AvgIpc) is 2.46. The van der Waals surface area contributed by atoms with Crippen LogP contribution in [0.3, 0.4) is 0 Å². The first-order chi connectivity index (χ1) is 10.3. The van der Waals surface area contributed by atoms with E-state index < -0.39 is 11.7 Å². The van der Waals surface area contributed by atoms with E-state index in [1.807, 2.05) is 6.07 Å². The molecule has 2 N–H and O–H groups in total. The van der Waals surface area contributed by atoms with Crippen LogP contribution in [0.2, 0.25) is 0 Å². The van der Waals surface area contributed by atoms with Gasteiger partial charge in [-0.25, -0.2) is 0 Å². The molecule has 0 fully saturated rings. The van der Waals surface area contributed by atoms with Crippen LogP contribution >= 0.6 is 0 Å². The number of rotatable bonds is 3. The maximum atomic E-state index is 12.7. The van der Waals surface area contributed by atoms with E-state index in [9.17, 15) is 13.2 Å². The highest BCUT2D eigenvalue weighted by Crippen LogP contribution is 2.30. The molecule has 2 rings (SSSR count). The van der Waals surface area contributed by atoms with Gasteiger partial charge in [0.25, 0.3) is 0 Å². The maximum absolute atomic E-state index is 12.7. The zero-order valence-corrected chi connectivity index (χ0v) is 12.0. The number of aryl methyl sites for hydroxylation is 2. The molecule has 2 nitrogen and oxygen atoms in total. The number of halogens is 3. The summed E-state index contributed by atoms with van der Waals surface area (Å²) in [6.07, 6.45) is -3.30. The molecule has 0 aliphatic rings. The quantitative estimate of drug-likeness (QED) is 0.862. The second-order valence-corrected chi connectivity index (χ2v) is 5.12. The minimum Gasteiger partial charge on any atom is -0.398 e. The largest absolute Gasteiger partial charge is 0.416 e. The normalized spacial score (nSPS) is 11.2. The molecule has 0 radical (unpaired) electrons. The van der Waals surface area contributed by atoms with Crippen LogP contribution in [0, 0.1) is 18.3 Å². The first kappa shape index (κ1) is 15.9. The van der Waals surface area contributed by atoms with E-state index in [-0.39, 0.29) is 0 Å². The molecule has 0 heterocycles. The number of alkyl halides is 3. The van der Waals surface area contributed by atoms with Crippen molar-refractivity contribution in [1.29, 1.82) is 5.26 Å². The molecule has 2 aromatic rings. The first-order valence-electron chi connectivity index (χ1n) is 6.77. The van der Waals surface area contributed by atoms with Crippen molar-refractivity contribution in [2.75, 3.05) is 5.73 Å². The van der Waals surface area contributed by atoms with Gasteiger partial charge in [0.05, 0.1) is 11.1 Å². The van der Waals surface area contributed by atoms with Crippen molar-refractivity contribution in [3.63, 3.8) is 0 Å². The lowest BCUT2D eigenvalue weighted by Crippen LogP contribution is -2.06. The molecule has 22 heavy (non-hydrogen) atoms. The van der Waals surface area contributed by atoms with Crippen molar-refractivity contribution in [3.05, 3.63) is 64.2 Å². The summed E-state index contributed by atoms with van der Waals surface area (Å²) >= 11 is 0. The van der Waals surface area contributed by atoms with Crippen molar-refractivity contribution in [2.24, 2.45) is 0 Å². The summed E-state index contributed by atoms with van der Waals surface area (Å²) in [5, 5.41) is 9.08. The molecule has 114 valence electrons. The van der Waals surface area contributed by atoms with Crippen LogP contribution in [0.25, 0.3) is 0 Å². The molecule has 0 spiro atoms. The molecule has 0 aromatic heterocycles. The van der Waals surface area contributed by atoms with Gasteiger partial charge >= 0.3 is 6.18 Å². The van der Waals surface area contributed by atoms with Crippen molar-refractivity contribution in [1.82, 2.24) is 0 Å². The van der Waals surface area contributed by atoms with Crippen LogP contribution in [0.5, 0.6) is 0 Å². The Hall–Kier alpha value is -2.48. The minimum atomic E-state index is -4.33. The second kappa shape index (κ2) is 6.10. The number of nitrogens with zero attached hydrogens (tertiary/aromatic N) is 1. The third-order valence-corrected chi connectivity index (χ3v) is 3.66. The minimum absolute atomic E-state index is 0.419. The van der Waals surface area contributed by atoms with E-state index in [0.29, 0.717) is 29.7 Å². The predicted molar refractivity (Wildman–Crippen MR) is 79.2 cm³/mol. The highest BCUT2D eigenvalue weighted by molar-refractivity contribution is 5.59. The Morgan fingerprint density at radius 2 is 1.86 bits per heavy atom. The zero-order valence-electron chi connectivity index (χ0n) is 12.0. The molecule has 0 aliphatic carbocycles. The van der Waals surface area contributed by atoms with E-state index in [2.05, 4.69) is 6.07 Å². The third-order valence-electron chi connectivity index (χ3n) is 3.66. The van der Waals surface area contributed by atoms with E-state index in [1.165, 1.54) is 6.07 Å². The van der Waals surface area contributed by atoms with E-state index >= 15 is 0 Å². The number of nitrogen functional groups attached to an aromatic ring is 1. The molecule has 0 amide bonds. The molecule has 2 aromatic carbocycles. The van der Waals surface area contributed by atoms with Gasteiger partial charge in [-0.05, 0) is 48.6 Å². The summed E-state index contributed by atoms with van der Waals surface area (Å²) < 4.78 is 38.1. The SMILES string of the molecule is Cc1c(CCc2cccc(C(F)(F)F)c2)ccc(N)c1C#N. The molecular weight excluding hydrogens is 289 g/mol. The molecule has 0 saturated carbocycles. The second-order valence-electron chi connectivity index (χ2n) is 5.12. The van der Waals surface area contributed by atoms with Gasteiger partial charge < -0.3 is 5.73 Å². The molecule has 0 aliphatic heterocycles. The maximum Gasteiger partial charge on any atom is 0.416 e. The third kappa shape index (κ3) is 3.40. The summed E-state index contributed by atoms with van der Waals surface area (Å²) in [4.78, 5) is 0. The van der Waals surface area contributed by atoms with Gasteiger partial charge in [0, 0.05) is 5.69 Å². The summed E-state index contributed by atoms with van der Waals surface area (Å²) in [6, 6.07) is 10.8. The fraction of sp³-hybridized carbons (Fsp3) is 0.235. The molecule has 0 atom stereocenters. The number of hydrogen-bond acceptors (Lipinski definition) is 2. The first-order valence-corrected chi connectivity index (χ1v) is 6.77. The number of anilines is 1. The molecule has 0 unspecified atom stereocenters. The average molecular weight is 304 g/mol. The molecular formula is C17H15F3N2. The lowest BCUT2D eigenvalue weighted by atomic mass is 9.96. The van der Waals surface area contributed by atoms with E-state index in [1.54, 1.807) is 19.1 Å². The summed E-state index contributed by atoms with van der Waals surface area (Å²) in [5.74, 6) is 0. The Kier molecular flexibility index (Phi) is 4.41. The number of hydrogen-bond donors (Lipinski definition) is 1. The van der Waals surface area contributed by atoms with Crippen molar-refractivity contribution >= 4 is 5.69 Å². The summed E-state index contributed by atoms with van der Waals surface area (Å²) in [6.45, 7) is 1.80. The topological polar surface area (TPSA) is 49.8 Å². The predicted octanol–water partition coefficient (Wildman–Crippen LogP) is 4.25. The molecule has 0 bridgehead atoms. The monoisotopic (exact) mass is 304 g/mol. The van der Waals surface area contributed by atoms with Crippen LogP contribution in [0.15, 0.2) is 36.4 Å². The Bertz CT molecular complexity index is 728. The Morgan fingerprint density at radius 3 is 2.50 bits per heavy atom. The Labute approximate surface area is 127 Å². The van der Waals surface area contributed by atoms with Gasteiger partial charge in [0.1, 0.15) is 6.07 Å². The zero-order chi connectivity index (χ0) is 16.3. The van der Waals surface area contributed by atoms with Gasteiger partial charge in [-0.1, -0.05) is 24.3 Å². The highest BCUT2D eigenvalue weighted by atomic mass is 19.4. The standard InChI is InChI=1S/C17H15F3N2/c1-11-13(7-8-16(22)15(11)10-21)6-5-12-3-2-4-14(9-12)17(18,19)20/h2-4,7-9H,5-6,22H2,1H3. The lowest BCUT2D eigenvalue weighted by Gasteiger charge is -2.11. The fourth-order valence-electron chi connectivity index (χ4n) is 2.38. The van der Waals surface area contributed by atoms with Gasteiger partial charge in [-0.15, -0.1) is 0 Å². The van der Waals surface area contributed by atoms with Crippen molar-refractivity contribution < 1.29 is 13.2 Å². The lowest BCUT2D eigenvalue weighted by molar-refractivity contribution is -0.137. The smallest absolute Gasteiger partial charge is 0.398 e.